The van der Waals surface area contributed by atoms with Crippen LogP contribution in [0.5, 0.6) is 0 Å². The van der Waals surface area contributed by atoms with Gasteiger partial charge in [-0.25, -0.2) is 0 Å². The van der Waals surface area contributed by atoms with E-state index in [4.69, 9.17) is 0 Å². The Morgan fingerprint density at radius 3 is 1.38 bits per heavy atom. The van der Waals surface area contributed by atoms with Crippen LogP contribution in [-0.2, 0) is 0 Å². The summed E-state index contributed by atoms with van der Waals surface area (Å²) < 4.78 is 0. The zero-order valence-corrected chi connectivity index (χ0v) is 11.7. The summed E-state index contributed by atoms with van der Waals surface area (Å²) in [5.74, 6) is 0. The maximum atomic E-state index is 3.28. The van der Waals surface area contributed by atoms with Crippen LogP contribution in [-0.4, -0.2) is 37.6 Å². The Balaban J connectivity index is 0.000000315. The molecule has 1 heterocycles. The van der Waals surface area contributed by atoms with Gasteiger partial charge >= 0.3 is 0 Å². The van der Waals surface area contributed by atoms with Crippen LogP contribution >= 0.6 is 0 Å². The first-order valence-corrected chi connectivity index (χ1v) is 7.28. The summed E-state index contributed by atoms with van der Waals surface area (Å²) in [7, 11) is 0. The molecule has 1 saturated heterocycles. The normalized spacial score (nSPS) is 15.8. The van der Waals surface area contributed by atoms with Gasteiger partial charge in [-0.15, -0.1) is 0 Å². The smallest absolute Gasteiger partial charge is 0.00214 e. The van der Waals surface area contributed by atoms with Gasteiger partial charge in [0.2, 0.25) is 0 Å². The predicted molar refractivity (Wildman–Crippen MR) is 74.0 cm³/mol. The second kappa shape index (κ2) is 13.0. The van der Waals surface area contributed by atoms with Crippen LogP contribution in [0.4, 0.5) is 0 Å². The molecule has 0 saturated carbocycles. The van der Waals surface area contributed by atoms with Crippen LogP contribution < -0.4 is 5.32 Å². The van der Waals surface area contributed by atoms with Crippen molar-refractivity contribution in [2.45, 2.75) is 59.3 Å². The van der Waals surface area contributed by atoms with Gasteiger partial charge in [-0.05, 0) is 64.8 Å². The Hall–Kier alpha value is -0.0800. The molecule has 0 atom stereocenters. The Morgan fingerprint density at radius 1 is 0.750 bits per heavy atom. The molecule has 2 heteroatoms. The molecule has 1 aliphatic heterocycles. The van der Waals surface area contributed by atoms with E-state index in [1.165, 1.54) is 71.2 Å². The Morgan fingerprint density at radius 2 is 1.19 bits per heavy atom. The highest BCUT2D eigenvalue weighted by Crippen LogP contribution is 1.96. The minimum Gasteiger partial charge on any atom is -0.317 e. The van der Waals surface area contributed by atoms with Gasteiger partial charge in [-0.2, -0.15) is 0 Å². The van der Waals surface area contributed by atoms with E-state index in [9.17, 15) is 0 Å². The summed E-state index contributed by atoms with van der Waals surface area (Å²) in [5, 5.41) is 3.28. The number of nitrogens with zero attached hydrogens (tertiary/aromatic N) is 1. The van der Waals surface area contributed by atoms with E-state index in [1.54, 1.807) is 0 Å². The number of piperidine rings is 1. The molecule has 0 unspecified atom stereocenters. The van der Waals surface area contributed by atoms with Gasteiger partial charge in [-0.1, -0.05) is 27.2 Å². The molecular weight excluding hydrogens is 196 g/mol. The molecule has 1 fully saturated rings. The average molecular weight is 228 g/mol. The summed E-state index contributed by atoms with van der Waals surface area (Å²) in [6.07, 6.45) is 8.09. The molecule has 0 bridgehead atoms. The van der Waals surface area contributed by atoms with Crippen molar-refractivity contribution in [3.63, 3.8) is 0 Å². The molecule has 0 aromatic carbocycles. The van der Waals surface area contributed by atoms with Gasteiger partial charge in [0.15, 0.2) is 0 Å². The fraction of sp³-hybridized carbons (Fsp3) is 1.00. The van der Waals surface area contributed by atoms with E-state index in [0.29, 0.717) is 0 Å². The maximum Gasteiger partial charge on any atom is -0.00214 e. The van der Waals surface area contributed by atoms with Gasteiger partial charge in [0.25, 0.3) is 0 Å². The topological polar surface area (TPSA) is 15.3 Å². The fourth-order valence-corrected chi connectivity index (χ4v) is 2.09. The van der Waals surface area contributed by atoms with Crippen LogP contribution in [0.25, 0.3) is 0 Å². The van der Waals surface area contributed by atoms with Crippen LogP contribution in [0, 0.1) is 0 Å². The van der Waals surface area contributed by atoms with E-state index >= 15 is 0 Å². The lowest BCUT2D eigenvalue weighted by Gasteiger charge is -2.19. The molecule has 0 aromatic heterocycles. The van der Waals surface area contributed by atoms with E-state index in [2.05, 4.69) is 31.0 Å². The highest BCUT2D eigenvalue weighted by Gasteiger charge is 1.98. The Kier molecular flexibility index (Phi) is 12.9. The minimum atomic E-state index is 1.25. The number of hydrogen-bond donors (Lipinski definition) is 1. The quantitative estimate of drug-likeness (QED) is 0.750. The molecule has 98 valence electrons. The standard InChI is InChI=1S/C9H21N.C5H11N/c1-4-7-10(8-5-2)9-6-3;1-2-4-6-5-3-1/h4-9H2,1-3H3;6H,1-5H2. The van der Waals surface area contributed by atoms with Gasteiger partial charge in [-0.3, -0.25) is 0 Å². The van der Waals surface area contributed by atoms with E-state index < -0.39 is 0 Å². The molecule has 0 aromatic rings. The van der Waals surface area contributed by atoms with Gasteiger partial charge < -0.3 is 10.2 Å². The molecule has 16 heavy (non-hydrogen) atoms. The molecule has 1 rings (SSSR count). The van der Waals surface area contributed by atoms with Crippen LogP contribution in [0.15, 0.2) is 0 Å². The van der Waals surface area contributed by atoms with E-state index in [-0.39, 0.29) is 0 Å². The van der Waals surface area contributed by atoms with Crippen molar-refractivity contribution in [2.24, 2.45) is 0 Å². The van der Waals surface area contributed by atoms with Crippen molar-refractivity contribution < 1.29 is 0 Å². The molecule has 0 spiro atoms. The van der Waals surface area contributed by atoms with Crippen molar-refractivity contribution in [1.29, 1.82) is 0 Å². The molecule has 0 radical (unpaired) electrons. The van der Waals surface area contributed by atoms with Crippen LogP contribution in [0.3, 0.4) is 0 Å². The van der Waals surface area contributed by atoms with Crippen LogP contribution in [0.2, 0.25) is 0 Å². The largest absolute Gasteiger partial charge is 0.317 e. The highest BCUT2D eigenvalue weighted by molar-refractivity contribution is 4.55. The van der Waals surface area contributed by atoms with Crippen molar-refractivity contribution in [3.05, 3.63) is 0 Å². The summed E-state index contributed by atoms with van der Waals surface area (Å²) in [6.45, 7) is 13.1. The van der Waals surface area contributed by atoms with Crippen LogP contribution in [0.1, 0.15) is 59.3 Å². The van der Waals surface area contributed by atoms with Crippen molar-refractivity contribution in [3.8, 4) is 0 Å². The first kappa shape index (κ1) is 15.9. The molecule has 0 amide bonds. The van der Waals surface area contributed by atoms with Crippen molar-refractivity contribution in [1.82, 2.24) is 10.2 Å². The van der Waals surface area contributed by atoms with Gasteiger partial charge in [0, 0.05) is 0 Å². The molecule has 1 N–H and O–H groups in total. The molecule has 0 aliphatic carbocycles. The summed E-state index contributed by atoms with van der Waals surface area (Å²) in [6, 6.07) is 0. The second-order valence-electron chi connectivity index (χ2n) is 4.65. The molecule has 1 aliphatic rings. The Bertz CT molecular complexity index is 96.1. The first-order valence-electron chi connectivity index (χ1n) is 7.28. The third kappa shape index (κ3) is 10.4. The van der Waals surface area contributed by atoms with Gasteiger partial charge in [0.1, 0.15) is 0 Å². The Labute approximate surface area is 103 Å². The predicted octanol–water partition coefficient (Wildman–Crippen LogP) is 3.28. The molecular formula is C14H32N2. The minimum absolute atomic E-state index is 1.25. The monoisotopic (exact) mass is 228 g/mol. The lowest BCUT2D eigenvalue weighted by Crippen LogP contribution is -2.25. The summed E-state index contributed by atoms with van der Waals surface area (Å²) >= 11 is 0. The second-order valence-corrected chi connectivity index (χ2v) is 4.65. The zero-order valence-electron chi connectivity index (χ0n) is 11.7. The maximum absolute atomic E-state index is 3.28. The highest BCUT2D eigenvalue weighted by atomic mass is 15.1. The van der Waals surface area contributed by atoms with E-state index in [1.807, 2.05) is 0 Å². The third-order valence-electron chi connectivity index (χ3n) is 2.83. The average Bonchev–Trinajstić information content (AvgIpc) is 2.33. The lowest BCUT2D eigenvalue weighted by molar-refractivity contribution is 0.275. The number of rotatable bonds is 6. The number of hydrogen-bond acceptors (Lipinski definition) is 2. The van der Waals surface area contributed by atoms with Crippen molar-refractivity contribution in [2.75, 3.05) is 32.7 Å². The number of nitrogens with one attached hydrogen (secondary N) is 1. The summed E-state index contributed by atoms with van der Waals surface area (Å²) in [5.41, 5.74) is 0. The summed E-state index contributed by atoms with van der Waals surface area (Å²) in [4.78, 5) is 2.54. The first-order chi connectivity index (χ1) is 7.85. The fourth-order valence-electron chi connectivity index (χ4n) is 2.09. The third-order valence-corrected chi connectivity index (χ3v) is 2.83. The zero-order chi connectivity index (χ0) is 12.1. The SMILES string of the molecule is C1CCNCC1.CCCN(CCC)CCC. The van der Waals surface area contributed by atoms with Gasteiger partial charge in [0.05, 0.1) is 0 Å². The molecule has 2 nitrogen and oxygen atoms in total. The van der Waals surface area contributed by atoms with Crippen molar-refractivity contribution >= 4 is 0 Å². The lowest BCUT2D eigenvalue weighted by atomic mass is 10.2. The van der Waals surface area contributed by atoms with E-state index in [0.717, 1.165) is 0 Å².